The van der Waals surface area contributed by atoms with Crippen LogP contribution in [-0.2, 0) is 9.53 Å². The molecule has 0 rings (SSSR count). The average molecular weight is 204 g/mol. The van der Waals surface area contributed by atoms with Crippen LogP contribution in [-0.4, -0.2) is 24.3 Å². The van der Waals surface area contributed by atoms with E-state index in [0.29, 0.717) is 13.2 Å². The first kappa shape index (κ1) is 15.9. The van der Waals surface area contributed by atoms with E-state index in [2.05, 4.69) is 18.6 Å². The van der Waals surface area contributed by atoms with Crippen molar-refractivity contribution in [2.75, 3.05) is 13.2 Å². The normalized spacial score (nSPS) is 8.86. The summed E-state index contributed by atoms with van der Waals surface area (Å²) in [6.07, 6.45) is 5.38. The van der Waals surface area contributed by atoms with E-state index in [1.807, 2.05) is 0 Å². The summed E-state index contributed by atoms with van der Waals surface area (Å²) < 4.78 is 4.64. The van der Waals surface area contributed by atoms with Crippen molar-refractivity contribution < 1.29 is 14.6 Å². The van der Waals surface area contributed by atoms with Crippen LogP contribution in [0.5, 0.6) is 0 Å². The molecule has 14 heavy (non-hydrogen) atoms. The van der Waals surface area contributed by atoms with Gasteiger partial charge < -0.3 is 9.84 Å². The van der Waals surface area contributed by atoms with Gasteiger partial charge >= 0.3 is 5.97 Å². The van der Waals surface area contributed by atoms with Gasteiger partial charge in [-0.05, 0) is 12.8 Å². The van der Waals surface area contributed by atoms with Gasteiger partial charge in [0, 0.05) is 13.5 Å². The fraction of sp³-hybridized carbons (Fsp3) is 0.909. The predicted octanol–water partition coefficient (Wildman–Crippen LogP) is 2.52. The van der Waals surface area contributed by atoms with E-state index in [9.17, 15) is 4.79 Å². The number of aliphatic hydroxyl groups excluding tert-OH is 1. The molecule has 0 aromatic carbocycles. The second-order valence-electron chi connectivity index (χ2n) is 3.12. The molecule has 0 amide bonds. The first-order valence-corrected chi connectivity index (χ1v) is 5.43. The number of hydrogen-bond acceptors (Lipinski definition) is 3. The van der Waals surface area contributed by atoms with Gasteiger partial charge in [-0.25, -0.2) is 0 Å². The van der Waals surface area contributed by atoms with Crippen LogP contribution in [0.3, 0.4) is 0 Å². The van der Waals surface area contributed by atoms with Crippen molar-refractivity contribution in [3.8, 4) is 0 Å². The maximum atomic E-state index is 10.1. The zero-order valence-corrected chi connectivity index (χ0v) is 9.71. The highest BCUT2D eigenvalue weighted by Crippen LogP contribution is 1.89. The second kappa shape index (κ2) is 14.9. The molecule has 0 unspecified atom stereocenters. The largest absolute Gasteiger partial charge is 0.466 e. The summed E-state index contributed by atoms with van der Waals surface area (Å²) >= 11 is 0. The van der Waals surface area contributed by atoms with Gasteiger partial charge in [0.2, 0.25) is 0 Å². The van der Waals surface area contributed by atoms with Gasteiger partial charge in [0.15, 0.2) is 0 Å². The van der Waals surface area contributed by atoms with E-state index in [-0.39, 0.29) is 5.97 Å². The Morgan fingerprint density at radius 2 is 1.71 bits per heavy atom. The van der Waals surface area contributed by atoms with Crippen LogP contribution in [0.4, 0.5) is 0 Å². The Hall–Kier alpha value is -0.570. The number of hydrogen-bond donors (Lipinski definition) is 1. The maximum absolute atomic E-state index is 10.1. The molecular weight excluding hydrogens is 180 g/mol. The van der Waals surface area contributed by atoms with Crippen molar-refractivity contribution >= 4 is 5.97 Å². The lowest BCUT2D eigenvalue weighted by Crippen LogP contribution is -1.99. The molecule has 0 spiro atoms. The lowest BCUT2D eigenvalue weighted by atomic mass is 10.3. The van der Waals surface area contributed by atoms with E-state index < -0.39 is 0 Å². The number of rotatable bonds is 6. The van der Waals surface area contributed by atoms with E-state index in [4.69, 9.17) is 5.11 Å². The molecule has 3 nitrogen and oxygen atoms in total. The minimum Gasteiger partial charge on any atom is -0.466 e. The van der Waals surface area contributed by atoms with Gasteiger partial charge in [-0.3, -0.25) is 4.79 Å². The van der Waals surface area contributed by atoms with Gasteiger partial charge in [-0.15, -0.1) is 0 Å². The van der Waals surface area contributed by atoms with Crippen LogP contribution in [0.2, 0.25) is 0 Å². The summed E-state index contributed by atoms with van der Waals surface area (Å²) in [5, 5.41) is 8.20. The van der Waals surface area contributed by atoms with Gasteiger partial charge in [0.05, 0.1) is 6.61 Å². The molecule has 0 fully saturated rings. The highest BCUT2D eigenvalue weighted by molar-refractivity contribution is 5.65. The van der Waals surface area contributed by atoms with E-state index in [0.717, 1.165) is 25.7 Å². The molecule has 0 saturated heterocycles. The molecule has 86 valence electrons. The molecule has 0 atom stereocenters. The van der Waals surface area contributed by atoms with E-state index >= 15 is 0 Å². The zero-order chi connectivity index (χ0) is 11.2. The topological polar surface area (TPSA) is 46.5 Å². The summed E-state index contributed by atoms with van der Waals surface area (Å²) in [6.45, 7) is 6.54. The highest BCUT2D eigenvalue weighted by atomic mass is 16.5. The number of carbonyl (C=O) groups excluding carboxylic acids is 1. The number of unbranched alkanes of at least 4 members (excludes halogenated alkanes) is 3. The quantitative estimate of drug-likeness (QED) is 0.534. The van der Waals surface area contributed by atoms with Crippen molar-refractivity contribution in [1.29, 1.82) is 0 Å². The lowest BCUT2D eigenvalue weighted by molar-refractivity contribution is -0.141. The van der Waals surface area contributed by atoms with Crippen LogP contribution in [0.1, 0.15) is 52.9 Å². The van der Waals surface area contributed by atoms with Gasteiger partial charge in [-0.2, -0.15) is 0 Å². The molecule has 0 heterocycles. The van der Waals surface area contributed by atoms with E-state index in [1.165, 1.54) is 13.3 Å². The van der Waals surface area contributed by atoms with Crippen molar-refractivity contribution in [2.24, 2.45) is 0 Å². The zero-order valence-electron chi connectivity index (χ0n) is 9.71. The van der Waals surface area contributed by atoms with Crippen LogP contribution in [0.25, 0.3) is 0 Å². The fourth-order valence-electron chi connectivity index (χ4n) is 0.722. The summed E-state index contributed by atoms with van der Waals surface area (Å²) in [4.78, 5) is 10.1. The lowest BCUT2D eigenvalue weighted by Gasteiger charge is -1.96. The first-order chi connectivity index (χ1) is 6.68. The Kier molecular flexibility index (Phi) is 16.9. The summed E-state index contributed by atoms with van der Waals surface area (Å²) in [5.74, 6) is -0.182. The molecule has 0 aliphatic carbocycles. The third-order valence-electron chi connectivity index (χ3n) is 1.56. The summed E-state index contributed by atoms with van der Waals surface area (Å²) in [6, 6.07) is 0. The molecule has 0 aliphatic heterocycles. The standard InChI is InChI=1S/C6H12O2.C5H12O/c1-3-4-5-8-6(2)7;1-2-3-4-5-6/h3-5H2,1-2H3;6H,2-5H2,1H3. The van der Waals surface area contributed by atoms with Crippen LogP contribution in [0, 0.1) is 0 Å². The molecule has 0 aromatic heterocycles. The number of carbonyl (C=O) groups is 1. The van der Waals surface area contributed by atoms with E-state index in [1.54, 1.807) is 0 Å². The summed E-state index contributed by atoms with van der Waals surface area (Å²) in [5.41, 5.74) is 0. The molecule has 0 radical (unpaired) electrons. The smallest absolute Gasteiger partial charge is 0.302 e. The molecule has 0 saturated carbocycles. The Morgan fingerprint density at radius 3 is 2.00 bits per heavy atom. The average Bonchev–Trinajstić information content (AvgIpc) is 2.16. The van der Waals surface area contributed by atoms with Crippen molar-refractivity contribution in [1.82, 2.24) is 0 Å². The Labute approximate surface area is 87.5 Å². The fourth-order valence-corrected chi connectivity index (χ4v) is 0.722. The number of aliphatic hydroxyl groups is 1. The van der Waals surface area contributed by atoms with Crippen molar-refractivity contribution in [2.45, 2.75) is 52.9 Å². The third kappa shape index (κ3) is 22.5. The Morgan fingerprint density at radius 1 is 1.14 bits per heavy atom. The number of esters is 1. The molecule has 0 bridgehead atoms. The number of ether oxygens (including phenoxy) is 1. The predicted molar refractivity (Wildman–Crippen MR) is 58.2 cm³/mol. The van der Waals surface area contributed by atoms with Crippen LogP contribution < -0.4 is 0 Å². The SMILES string of the molecule is CCCCCO.CCCCOC(C)=O. The monoisotopic (exact) mass is 204 g/mol. The van der Waals surface area contributed by atoms with Gasteiger partial charge in [0.25, 0.3) is 0 Å². The minimum atomic E-state index is -0.182. The van der Waals surface area contributed by atoms with Gasteiger partial charge in [-0.1, -0.05) is 33.1 Å². The Bertz CT molecular complexity index is 109. The molecule has 0 aromatic rings. The van der Waals surface area contributed by atoms with Crippen LogP contribution in [0.15, 0.2) is 0 Å². The van der Waals surface area contributed by atoms with Crippen LogP contribution >= 0.6 is 0 Å². The van der Waals surface area contributed by atoms with Gasteiger partial charge in [0.1, 0.15) is 0 Å². The molecule has 1 N–H and O–H groups in total. The minimum absolute atomic E-state index is 0.182. The molecule has 3 heteroatoms. The first-order valence-electron chi connectivity index (χ1n) is 5.43. The van der Waals surface area contributed by atoms with Crippen molar-refractivity contribution in [3.05, 3.63) is 0 Å². The third-order valence-corrected chi connectivity index (χ3v) is 1.56. The Balaban J connectivity index is 0. The maximum Gasteiger partial charge on any atom is 0.302 e. The highest BCUT2D eigenvalue weighted by Gasteiger charge is 1.88. The second-order valence-corrected chi connectivity index (χ2v) is 3.12. The molecule has 0 aliphatic rings. The van der Waals surface area contributed by atoms with Crippen molar-refractivity contribution in [3.63, 3.8) is 0 Å². The molecular formula is C11H24O3. The summed E-state index contributed by atoms with van der Waals surface area (Å²) in [7, 11) is 0.